The summed E-state index contributed by atoms with van der Waals surface area (Å²) in [4.78, 5) is 25.1. The van der Waals surface area contributed by atoms with Gasteiger partial charge < -0.3 is 14.8 Å². The van der Waals surface area contributed by atoms with Crippen LogP contribution in [-0.2, 0) is 4.79 Å². The summed E-state index contributed by atoms with van der Waals surface area (Å²) in [5.41, 5.74) is 2.03. The van der Waals surface area contributed by atoms with Gasteiger partial charge in [0.05, 0.1) is 12.7 Å². The zero-order valence-electron chi connectivity index (χ0n) is 18.5. The van der Waals surface area contributed by atoms with E-state index in [-0.39, 0.29) is 23.3 Å². The number of nitrogens with zero attached hydrogens (tertiary/aromatic N) is 1. The molecule has 1 fully saturated rings. The third-order valence-corrected chi connectivity index (χ3v) is 5.51. The second-order valence-corrected chi connectivity index (χ2v) is 8.00. The number of esters is 1. The third kappa shape index (κ3) is 6.21. The number of hydrogen-bond acceptors (Lipinski definition) is 5. The van der Waals surface area contributed by atoms with Gasteiger partial charge in [-0.15, -0.1) is 0 Å². The fourth-order valence-electron chi connectivity index (χ4n) is 3.79. The number of carbonyl (C=O) groups is 2. The number of aryl methyl sites for hydroxylation is 1. The van der Waals surface area contributed by atoms with E-state index in [1.165, 1.54) is 26.0 Å². The van der Waals surface area contributed by atoms with E-state index in [0.717, 1.165) is 31.2 Å². The summed E-state index contributed by atoms with van der Waals surface area (Å²) in [5, 5.41) is 12.5. The Balaban J connectivity index is 1.74. The number of amides is 1. The molecule has 1 aliphatic carbocycles. The van der Waals surface area contributed by atoms with Gasteiger partial charge in [0.25, 0.3) is 5.91 Å². The lowest BCUT2D eigenvalue weighted by molar-refractivity contribution is -0.117. The van der Waals surface area contributed by atoms with Crippen molar-refractivity contribution in [2.24, 2.45) is 0 Å². The van der Waals surface area contributed by atoms with Gasteiger partial charge in [0.2, 0.25) is 0 Å². The van der Waals surface area contributed by atoms with Gasteiger partial charge >= 0.3 is 5.97 Å². The van der Waals surface area contributed by atoms with Crippen LogP contribution in [0, 0.1) is 18.3 Å². The minimum Gasteiger partial charge on any atom is -0.493 e. The average Bonchev–Trinajstić information content (AvgIpc) is 3.06. The number of benzene rings is 2. The van der Waals surface area contributed by atoms with Crippen molar-refractivity contribution in [2.45, 2.75) is 51.5 Å². The molecule has 6 heteroatoms. The number of hydrogen-bond donors (Lipinski definition) is 1. The first-order valence-corrected chi connectivity index (χ1v) is 10.9. The molecular formula is C26H28N2O4. The molecule has 166 valence electrons. The molecule has 0 atom stereocenters. The summed E-state index contributed by atoms with van der Waals surface area (Å²) in [6.45, 7) is 1.90. The van der Waals surface area contributed by atoms with Crippen LogP contribution in [0.5, 0.6) is 11.5 Å². The van der Waals surface area contributed by atoms with Gasteiger partial charge in [-0.1, -0.05) is 49.4 Å². The number of nitriles is 1. The Hall–Kier alpha value is -3.59. The highest BCUT2D eigenvalue weighted by atomic mass is 16.6. The van der Waals surface area contributed by atoms with Crippen LogP contribution in [0.2, 0.25) is 0 Å². The van der Waals surface area contributed by atoms with Gasteiger partial charge in [-0.05, 0) is 55.7 Å². The van der Waals surface area contributed by atoms with E-state index >= 15 is 0 Å². The topological polar surface area (TPSA) is 88.4 Å². The molecule has 0 aliphatic heterocycles. The van der Waals surface area contributed by atoms with E-state index in [1.54, 1.807) is 36.4 Å². The Bertz CT molecular complexity index is 1040. The van der Waals surface area contributed by atoms with Crippen molar-refractivity contribution >= 4 is 18.0 Å². The van der Waals surface area contributed by atoms with E-state index in [4.69, 9.17) is 9.47 Å². The van der Waals surface area contributed by atoms with Crippen LogP contribution in [0.25, 0.3) is 6.08 Å². The molecule has 3 rings (SSSR count). The van der Waals surface area contributed by atoms with E-state index < -0.39 is 5.97 Å². The largest absolute Gasteiger partial charge is 0.493 e. The minimum atomic E-state index is -0.490. The summed E-state index contributed by atoms with van der Waals surface area (Å²) in [5.74, 6) is -0.261. The number of nitrogens with one attached hydrogen (secondary N) is 1. The monoisotopic (exact) mass is 432 g/mol. The smallest absolute Gasteiger partial charge is 0.343 e. The Morgan fingerprint density at radius 3 is 2.47 bits per heavy atom. The Morgan fingerprint density at radius 2 is 1.81 bits per heavy atom. The quantitative estimate of drug-likeness (QED) is 0.229. The van der Waals surface area contributed by atoms with Crippen molar-refractivity contribution in [1.82, 2.24) is 5.32 Å². The van der Waals surface area contributed by atoms with Gasteiger partial charge in [-0.25, -0.2) is 4.79 Å². The first kappa shape index (κ1) is 23.1. The number of rotatable bonds is 6. The second-order valence-electron chi connectivity index (χ2n) is 8.00. The molecule has 0 aromatic heterocycles. The highest BCUT2D eigenvalue weighted by molar-refractivity contribution is 6.02. The average molecular weight is 433 g/mol. The van der Waals surface area contributed by atoms with Gasteiger partial charge in [0, 0.05) is 6.04 Å². The van der Waals surface area contributed by atoms with Crippen LogP contribution in [0.4, 0.5) is 0 Å². The molecule has 0 unspecified atom stereocenters. The van der Waals surface area contributed by atoms with Gasteiger partial charge in [-0.2, -0.15) is 5.26 Å². The number of ether oxygens (including phenoxy) is 2. The minimum absolute atomic E-state index is 0.0285. The van der Waals surface area contributed by atoms with E-state index in [2.05, 4.69) is 5.32 Å². The van der Waals surface area contributed by atoms with Gasteiger partial charge in [0.15, 0.2) is 11.5 Å². The molecule has 1 N–H and O–H groups in total. The van der Waals surface area contributed by atoms with Gasteiger partial charge in [-0.3, -0.25) is 4.79 Å². The first-order chi connectivity index (χ1) is 15.5. The van der Waals surface area contributed by atoms with Crippen molar-refractivity contribution in [3.8, 4) is 17.6 Å². The molecule has 0 heterocycles. The van der Waals surface area contributed by atoms with Crippen LogP contribution in [-0.4, -0.2) is 25.0 Å². The normalized spacial score (nSPS) is 14.7. The molecule has 2 aromatic rings. The lowest BCUT2D eigenvalue weighted by atomic mass is 10.1. The van der Waals surface area contributed by atoms with Crippen molar-refractivity contribution in [1.29, 1.82) is 5.26 Å². The predicted molar refractivity (Wildman–Crippen MR) is 122 cm³/mol. The molecular weight excluding hydrogens is 404 g/mol. The molecule has 0 bridgehead atoms. The molecule has 1 aliphatic rings. The number of carbonyl (C=O) groups excluding carboxylic acids is 2. The van der Waals surface area contributed by atoms with Crippen LogP contribution in [0.3, 0.4) is 0 Å². The van der Waals surface area contributed by atoms with E-state index in [9.17, 15) is 14.9 Å². The highest BCUT2D eigenvalue weighted by Crippen LogP contribution is 2.30. The van der Waals surface area contributed by atoms with Crippen molar-refractivity contribution < 1.29 is 19.1 Å². The summed E-state index contributed by atoms with van der Waals surface area (Å²) in [7, 11) is 1.47. The summed E-state index contributed by atoms with van der Waals surface area (Å²) < 4.78 is 10.9. The standard InChI is InChI=1S/C26H28N2O4/c1-18-8-7-9-20(14-18)26(30)32-23-13-12-19(16-24(23)31-2)15-21(17-27)25(29)28-22-10-5-3-4-6-11-22/h7-9,12-16,22H,3-6,10-11H2,1-2H3,(H,28,29). The maximum atomic E-state index is 12.6. The zero-order valence-corrected chi connectivity index (χ0v) is 18.5. The van der Waals surface area contributed by atoms with E-state index in [1.807, 2.05) is 19.1 Å². The fourth-order valence-corrected chi connectivity index (χ4v) is 3.79. The first-order valence-electron chi connectivity index (χ1n) is 10.9. The molecule has 1 saturated carbocycles. The maximum absolute atomic E-state index is 12.6. The lowest BCUT2D eigenvalue weighted by Gasteiger charge is -2.15. The van der Waals surface area contributed by atoms with Crippen molar-refractivity contribution in [2.75, 3.05) is 7.11 Å². The van der Waals surface area contributed by atoms with E-state index in [0.29, 0.717) is 16.9 Å². The molecule has 0 spiro atoms. The SMILES string of the molecule is COc1cc(C=C(C#N)C(=O)NC2CCCCCC2)ccc1OC(=O)c1cccc(C)c1. The highest BCUT2D eigenvalue weighted by Gasteiger charge is 2.18. The Morgan fingerprint density at radius 1 is 1.06 bits per heavy atom. The molecule has 1 amide bonds. The molecule has 6 nitrogen and oxygen atoms in total. The van der Waals surface area contributed by atoms with Crippen LogP contribution >= 0.6 is 0 Å². The Labute approximate surface area is 188 Å². The Kier molecular flexibility index (Phi) is 8.04. The number of methoxy groups -OCH3 is 1. The lowest BCUT2D eigenvalue weighted by Crippen LogP contribution is -2.35. The summed E-state index contributed by atoms with van der Waals surface area (Å²) in [6.07, 6.45) is 7.97. The molecule has 0 radical (unpaired) electrons. The molecule has 32 heavy (non-hydrogen) atoms. The molecule has 0 saturated heterocycles. The second kappa shape index (κ2) is 11.1. The van der Waals surface area contributed by atoms with Gasteiger partial charge in [0.1, 0.15) is 11.6 Å². The van der Waals surface area contributed by atoms with Crippen LogP contribution < -0.4 is 14.8 Å². The zero-order chi connectivity index (χ0) is 22.9. The summed E-state index contributed by atoms with van der Waals surface area (Å²) in [6, 6.07) is 14.1. The fraction of sp³-hybridized carbons (Fsp3) is 0.346. The molecule has 2 aromatic carbocycles. The predicted octanol–water partition coefficient (Wildman–Crippen LogP) is 4.97. The summed E-state index contributed by atoms with van der Waals surface area (Å²) >= 11 is 0. The third-order valence-electron chi connectivity index (χ3n) is 5.51. The van der Waals surface area contributed by atoms with Crippen LogP contribution in [0.1, 0.15) is 60.0 Å². The van der Waals surface area contributed by atoms with Crippen LogP contribution in [0.15, 0.2) is 48.0 Å². The maximum Gasteiger partial charge on any atom is 0.343 e. The van der Waals surface area contributed by atoms with Crippen molar-refractivity contribution in [3.63, 3.8) is 0 Å². The van der Waals surface area contributed by atoms with Crippen molar-refractivity contribution in [3.05, 3.63) is 64.7 Å².